The van der Waals surface area contributed by atoms with Crippen molar-refractivity contribution in [2.45, 2.75) is 19.4 Å². The molecule has 0 saturated heterocycles. The molecule has 0 amide bonds. The van der Waals surface area contributed by atoms with Gasteiger partial charge < -0.3 is 29.3 Å². The summed E-state index contributed by atoms with van der Waals surface area (Å²) in [6.45, 7) is -6.44. The number of rotatable bonds is 3. The number of carboxylic acid groups (broad SMARTS) is 1. The summed E-state index contributed by atoms with van der Waals surface area (Å²) in [4.78, 5) is 11.0. The van der Waals surface area contributed by atoms with Gasteiger partial charge in [-0.2, -0.15) is 8.78 Å². The summed E-state index contributed by atoms with van der Waals surface area (Å²) < 4.78 is 33.2. The van der Waals surface area contributed by atoms with E-state index in [4.69, 9.17) is 4.65 Å². The molecule has 21 heavy (non-hydrogen) atoms. The molecule has 1 aromatic carbocycles. The smallest absolute Gasteiger partial charge is 0.669 e. The third-order valence-electron chi connectivity index (χ3n) is 2.72. The van der Waals surface area contributed by atoms with Gasteiger partial charge in [0, 0.05) is 0 Å². The number of hydrogen-bond donors (Lipinski definition) is 2. The average molecular weight is 320 g/mol. The van der Waals surface area contributed by atoms with Crippen LogP contribution in [0.5, 0.6) is 11.5 Å². The van der Waals surface area contributed by atoms with Gasteiger partial charge in [0.05, 0.1) is 17.3 Å². The molecule has 0 spiro atoms. The fourth-order valence-corrected chi connectivity index (χ4v) is 1.92. The molecule has 11 heteroatoms. The van der Waals surface area contributed by atoms with Crippen LogP contribution >= 0.6 is 0 Å². The molecule has 1 aromatic rings. The summed E-state index contributed by atoms with van der Waals surface area (Å²) >= 11 is 0. The molecule has 2 N–H and O–H groups in total. The van der Waals surface area contributed by atoms with E-state index >= 15 is 0 Å². The van der Waals surface area contributed by atoms with Crippen LogP contribution < -0.4 is 73.6 Å². The van der Waals surface area contributed by atoms with E-state index in [2.05, 4.69) is 4.74 Å². The average Bonchev–Trinajstić information content (AvgIpc) is 2.25. The van der Waals surface area contributed by atoms with Crippen molar-refractivity contribution in [3.05, 3.63) is 23.3 Å². The molecule has 0 aromatic heterocycles. The first-order chi connectivity index (χ1) is 8.80. The third-order valence-corrected chi connectivity index (χ3v) is 2.72. The standard InChI is InChI=1S/C10H10BF2O6.2Na/c12-10(13)18-6-2-1-5-3-4-11(16,17)19-8(5)7(6)9(14)15;;/h1-2,10,16-17H,3-4H2,(H,14,15);;/q-1;2*+1/p-1. The molecule has 6 nitrogen and oxygen atoms in total. The first-order valence-corrected chi connectivity index (χ1v) is 5.41. The Morgan fingerprint density at radius 3 is 2.52 bits per heavy atom. The van der Waals surface area contributed by atoms with Crippen LogP contribution in [0.1, 0.15) is 15.9 Å². The summed E-state index contributed by atoms with van der Waals surface area (Å²) in [6.07, 6.45) is 0.0200. The van der Waals surface area contributed by atoms with Gasteiger partial charge in [0.2, 0.25) is 0 Å². The SMILES string of the molecule is O=C([O-])c1c(OC(F)F)ccc2c1O[B-](O)(O)CC2.[Na+].[Na+]. The Balaban J connectivity index is 0.00000200. The van der Waals surface area contributed by atoms with E-state index in [-0.39, 0.29) is 71.9 Å². The number of alkyl halides is 2. The van der Waals surface area contributed by atoms with Gasteiger partial charge in [-0.1, -0.05) is 12.4 Å². The number of carbonyl (C=O) groups excluding carboxylic acids is 1. The summed E-state index contributed by atoms with van der Waals surface area (Å²) in [7, 11) is 0. The maximum absolute atomic E-state index is 12.2. The van der Waals surface area contributed by atoms with E-state index in [9.17, 15) is 28.7 Å². The maximum Gasteiger partial charge on any atom is 1.00 e. The van der Waals surface area contributed by atoms with Crippen molar-refractivity contribution in [3.8, 4) is 11.5 Å². The number of aromatic carboxylic acids is 1. The molecule has 2 rings (SSSR count). The van der Waals surface area contributed by atoms with Crippen molar-refractivity contribution >= 4 is 12.7 Å². The zero-order valence-electron chi connectivity index (χ0n) is 11.5. The maximum atomic E-state index is 12.2. The fraction of sp³-hybridized carbons (Fsp3) is 0.300. The Labute approximate surface area is 163 Å². The van der Waals surface area contributed by atoms with Crippen LogP contribution in [0.2, 0.25) is 6.32 Å². The number of ether oxygens (including phenoxy) is 1. The van der Waals surface area contributed by atoms with E-state index in [0.717, 1.165) is 6.07 Å². The van der Waals surface area contributed by atoms with Gasteiger partial charge in [-0.25, -0.2) is 0 Å². The minimum absolute atomic E-state index is 0. The summed E-state index contributed by atoms with van der Waals surface area (Å²) in [5.74, 6) is -2.86. The van der Waals surface area contributed by atoms with Crippen molar-refractivity contribution < 1.29 is 97.2 Å². The first-order valence-electron chi connectivity index (χ1n) is 5.41. The van der Waals surface area contributed by atoms with E-state index in [1.54, 1.807) is 0 Å². The van der Waals surface area contributed by atoms with Gasteiger partial charge >= 0.3 is 72.5 Å². The molecule has 1 aliphatic heterocycles. The minimum Gasteiger partial charge on any atom is -0.669 e. The van der Waals surface area contributed by atoms with Gasteiger partial charge in [0.15, 0.2) is 0 Å². The van der Waals surface area contributed by atoms with E-state index < -0.39 is 36.4 Å². The van der Waals surface area contributed by atoms with Gasteiger partial charge in [0.25, 0.3) is 0 Å². The molecular weight excluding hydrogens is 311 g/mol. The third kappa shape index (κ3) is 5.07. The molecule has 0 saturated carbocycles. The van der Waals surface area contributed by atoms with Crippen LogP contribution in [0.25, 0.3) is 0 Å². The van der Waals surface area contributed by atoms with Crippen molar-refractivity contribution in [2.75, 3.05) is 0 Å². The second-order valence-corrected chi connectivity index (χ2v) is 4.11. The first kappa shape index (κ1) is 21.1. The summed E-state index contributed by atoms with van der Waals surface area (Å²) in [5.41, 5.74) is -0.409. The van der Waals surface area contributed by atoms with Gasteiger partial charge in [-0.05, 0) is 18.1 Å². The number of carbonyl (C=O) groups is 1. The number of hydrogen-bond acceptors (Lipinski definition) is 6. The Hall–Kier alpha value is 0.135. The van der Waals surface area contributed by atoms with Crippen LogP contribution in [0.15, 0.2) is 12.1 Å². The second kappa shape index (κ2) is 8.12. The quantitative estimate of drug-likeness (QED) is 0.538. The number of aryl methyl sites for hydroxylation is 1. The van der Waals surface area contributed by atoms with Crippen molar-refractivity contribution in [1.29, 1.82) is 0 Å². The van der Waals surface area contributed by atoms with E-state index in [1.165, 1.54) is 6.07 Å². The Bertz CT molecular complexity index is 529. The van der Waals surface area contributed by atoms with Crippen LogP contribution in [-0.2, 0) is 6.42 Å². The van der Waals surface area contributed by atoms with Crippen molar-refractivity contribution in [2.24, 2.45) is 0 Å². The predicted molar refractivity (Wildman–Crippen MR) is 56.7 cm³/mol. The molecule has 0 bridgehead atoms. The normalized spacial score (nSPS) is 15.1. The summed E-state index contributed by atoms with van der Waals surface area (Å²) in [6, 6.07) is 2.37. The number of halogens is 2. The molecule has 0 fully saturated rings. The second-order valence-electron chi connectivity index (χ2n) is 4.11. The van der Waals surface area contributed by atoms with Crippen LogP contribution in [0.3, 0.4) is 0 Å². The van der Waals surface area contributed by atoms with E-state index in [1.807, 2.05) is 0 Å². The Morgan fingerprint density at radius 2 is 2.00 bits per heavy atom. The molecule has 0 aliphatic carbocycles. The topological polar surface area (TPSA) is 99.1 Å². The molecule has 1 heterocycles. The number of fused-ring (bicyclic) bond motifs is 1. The number of benzene rings is 1. The largest absolute Gasteiger partial charge is 1.00 e. The van der Waals surface area contributed by atoms with Crippen LogP contribution in [-0.4, -0.2) is 29.4 Å². The van der Waals surface area contributed by atoms with Gasteiger partial charge in [0.1, 0.15) is 5.75 Å². The van der Waals surface area contributed by atoms with E-state index in [0.29, 0.717) is 5.56 Å². The molecule has 0 unspecified atom stereocenters. The molecule has 1 aliphatic rings. The van der Waals surface area contributed by atoms with Gasteiger partial charge in [-0.3, -0.25) is 0 Å². The monoisotopic (exact) mass is 320 g/mol. The summed E-state index contributed by atoms with van der Waals surface area (Å²) in [5, 5.41) is 29.8. The van der Waals surface area contributed by atoms with Crippen molar-refractivity contribution in [1.82, 2.24) is 0 Å². The van der Waals surface area contributed by atoms with Crippen LogP contribution in [0.4, 0.5) is 8.78 Å². The zero-order valence-corrected chi connectivity index (χ0v) is 15.5. The van der Waals surface area contributed by atoms with Gasteiger partial charge in [-0.15, -0.1) is 0 Å². The van der Waals surface area contributed by atoms with Crippen LogP contribution in [0, 0.1) is 0 Å². The molecule has 0 atom stereocenters. The van der Waals surface area contributed by atoms with Crippen molar-refractivity contribution in [3.63, 3.8) is 0 Å². The molecule has 0 radical (unpaired) electrons. The number of carboxylic acids is 1. The molecular formula is C10H9BF2Na2O6. The minimum atomic E-state index is -3.22. The Morgan fingerprint density at radius 1 is 1.38 bits per heavy atom. The fourth-order valence-electron chi connectivity index (χ4n) is 1.92. The Kier molecular flexibility index (Phi) is 8.17. The molecule has 104 valence electrons. The zero-order chi connectivity index (χ0) is 14.2. The predicted octanol–water partition coefficient (Wildman–Crippen LogP) is -6.48.